The summed E-state index contributed by atoms with van der Waals surface area (Å²) in [6, 6.07) is 1.54. The van der Waals surface area contributed by atoms with E-state index in [0.717, 1.165) is 12.1 Å². The molecule has 72 valence electrons. The van der Waals surface area contributed by atoms with E-state index in [9.17, 15) is 9.50 Å². The molecule has 0 spiro atoms. The van der Waals surface area contributed by atoms with Crippen LogP contribution >= 0.6 is 11.6 Å². The third-order valence-corrected chi connectivity index (χ3v) is 2.00. The zero-order chi connectivity index (χ0) is 10.0. The molecule has 0 unspecified atom stereocenters. The zero-order valence-corrected chi connectivity index (χ0v) is 7.55. The number of phenols is 1. The maximum Gasteiger partial charge on any atom is 0.139 e. The number of phenolic OH excluding ortho intramolecular Hbond substituents is 1. The van der Waals surface area contributed by atoms with Gasteiger partial charge < -0.3 is 16.6 Å². The number of hydrogen-bond donors (Lipinski definition) is 3. The molecule has 0 aliphatic rings. The summed E-state index contributed by atoms with van der Waals surface area (Å²) in [4.78, 5) is 0. The topological polar surface area (TPSA) is 72.3 Å². The van der Waals surface area contributed by atoms with Crippen LogP contribution in [0.2, 0.25) is 5.02 Å². The van der Waals surface area contributed by atoms with E-state index in [2.05, 4.69) is 0 Å². The summed E-state index contributed by atoms with van der Waals surface area (Å²) in [5, 5.41) is 9.33. The lowest BCUT2D eigenvalue weighted by molar-refractivity contribution is 0.459. The summed E-state index contributed by atoms with van der Waals surface area (Å²) < 4.78 is 12.8. The van der Waals surface area contributed by atoms with Crippen molar-refractivity contribution in [3.63, 3.8) is 0 Å². The van der Waals surface area contributed by atoms with Gasteiger partial charge in [0.05, 0.1) is 5.02 Å². The van der Waals surface area contributed by atoms with E-state index in [1.54, 1.807) is 0 Å². The smallest absolute Gasteiger partial charge is 0.139 e. The molecule has 5 N–H and O–H groups in total. The standard InChI is InChI=1S/C8H10ClFN2O/c9-6-2-4(10)1-5(8(6)13)7(12)3-11/h1-2,7,13H,3,11-12H2/t7-/m0/s1. The van der Waals surface area contributed by atoms with E-state index in [1.807, 2.05) is 0 Å². The Kier molecular flexibility index (Phi) is 3.08. The highest BCUT2D eigenvalue weighted by molar-refractivity contribution is 6.32. The highest BCUT2D eigenvalue weighted by Gasteiger charge is 2.13. The quantitative estimate of drug-likeness (QED) is 0.677. The van der Waals surface area contributed by atoms with Gasteiger partial charge >= 0.3 is 0 Å². The second-order valence-electron chi connectivity index (χ2n) is 2.67. The summed E-state index contributed by atoms with van der Waals surface area (Å²) in [5.41, 5.74) is 11.0. The van der Waals surface area contributed by atoms with E-state index in [1.165, 1.54) is 0 Å². The molecule has 0 bridgehead atoms. The molecule has 0 heterocycles. The summed E-state index contributed by atoms with van der Waals surface area (Å²) in [6.45, 7) is 0.118. The largest absolute Gasteiger partial charge is 0.506 e. The third-order valence-electron chi connectivity index (χ3n) is 1.71. The number of halogens is 2. The van der Waals surface area contributed by atoms with Crippen LogP contribution in [-0.4, -0.2) is 11.7 Å². The molecule has 1 atom stereocenters. The lowest BCUT2D eigenvalue weighted by Gasteiger charge is -2.12. The Bertz CT molecular complexity index is 319. The van der Waals surface area contributed by atoms with E-state index in [4.69, 9.17) is 23.1 Å². The van der Waals surface area contributed by atoms with Gasteiger partial charge in [-0.15, -0.1) is 0 Å². The lowest BCUT2D eigenvalue weighted by Crippen LogP contribution is -2.21. The average Bonchev–Trinajstić information content (AvgIpc) is 2.10. The van der Waals surface area contributed by atoms with Crippen LogP contribution in [0.3, 0.4) is 0 Å². The Morgan fingerprint density at radius 1 is 1.54 bits per heavy atom. The van der Waals surface area contributed by atoms with Crippen molar-refractivity contribution in [1.29, 1.82) is 0 Å². The molecule has 0 fully saturated rings. The zero-order valence-electron chi connectivity index (χ0n) is 6.80. The van der Waals surface area contributed by atoms with Crippen LogP contribution in [0.1, 0.15) is 11.6 Å². The minimum absolute atomic E-state index is 0.0566. The van der Waals surface area contributed by atoms with Crippen molar-refractivity contribution in [3.05, 3.63) is 28.5 Å². The normalized spacial score (nSPS) is 12.9. The second-order valence-corrected chi connectivity index (χ2v) is 3.07. The first-order valence-corrected chi connectivity index (χ1v) is 4.07. The SMILES string of the molecule is NC[C@H](N)c1cc(F)cc(Cl)c1O. The molecular formula is C8H10ClFN2O. The molecule has 1 aromatic rings. The fourth-order valence-electron chi connectivity index (χ4n) is 0.996. The molecule has 1 rings (SSSR count). The van der Waals surface area contributed by atoms with E-state index < -0.39 is 11.9 Å². The highest BCUT2D eigenvalue weighted by atomic mass is 35.5. The average molecular weight is 205 g/mol. The van der Waals surface area contributed by atoms with Crippen molar-refractivity contribution in [1.82, 2.24) is 0 Å². The molecule has 0 aliphatic heterocycles. The monoisotopic (exact) mass is 204 g/mol. The summed E-state index contributed by atoms with van der Waals surface area (Å²) in [6.07, 6.45) is 0. The van der Waals surface area contributed by atoms with Crippen molar-refractivity contribution < 1.29 is 9.50 Å². The first-order chi connectivity index (χ1) is 6.06. The molecular weight excluding hydrogens is 195 g/mol. The van der Waals surface area contributed by atoms with E-state index >= 15 is 0 Å². The molecule has 3 nitrogen and oxygen atoms in total. The maximum absolute atomic E-state index is 12.8. The highest BCUT2D eigenvalue weighted by Crippen LogP contribution is 2.31. The number of rotatable bonds is 2. The molecule has 5 heteroatoms. The Labute approximate surface area is 80.1 Å². The van der Waals surface area contributed by atoms with Gasteiger partial charge in [-0.25, -0.2) is 4.39 Å². The van der Waals surface area contributed by atoms with Crippen LogP contribution in [-0.2, 0) is 0 Å². The molecule has 13 heavy (non-hydrogen) atoms. The number of nitrogens with two attached hydrogens (primary N) is 2. The molecule has 0 aromatic heterocycles. The van der Waals surface area contributed by atoms with Gasteiger partial charge in [0.1, 0.15) is 11.6 Å². The third kappa shape index (κ3) is 2.09. The van der Waals surface area contributed by atoms with Crippen LogP contribution in [0.4, 0.5) is 4.39 Å². The Morgan fingerprint density at radius 2 is 2.15 bits per heavy atom. The fourth-order valence-corrected chi connectivity index (χ4v) is 1.21. The van der Waals surface area contributed by atoms with Gasteiger partial charge in [0.2, 0.25) is 0 Å². The van der Waals surface area contributed by atoms with Crippen LogP contribution < -0.4 is 11.5 Å². The van der Waals surface area contributed by atoms with Gasteiger partial charge in [0.15, 0.2) is 0 Å². The first kappa shape index (κ1) is 10.2. The first-order valence-electron chi connectivity index (χ1n) is 3.69. The van der Waals surface area contributed by atoms with Crippen LogP contribution in [0.5, 0.6) is 5.75 Å². The molecule has 0 amide bonds. The Hall–Kier alpha value is -0.840. The van der Waals surface area contributed by atoms with Gasteiger partial charge in [-0.2, -0.15) is 0 Å². The summed E-state index contributed by atoms with van der Waals surface area (Å²) in [5.74, 6) is -0.747. The van der Waals surface area contributed by atoms with Gasteiger partial charge in [-0.3, -0.25) is 0 Å². The van der Waals surface area contributed by atoms with Crippen LogP contribution in [0.15, 0.2) is 12.1 Å². The Morgan fingerprint density at radius 3 is 2.69 bits per heavy atom. The minimum Gasteiger partial charge on any atom is -0.506 e. The van der Waals surface area contributed by atoms with Crippen LogP contribution in [0, 0.1) is 5.82 Å². The molecule has 0 aliphatic carbocycles. The molecule has 0 radical (unpaired) electrons. The maximum atomic E-state index is 12.8. The number of aromatic hydroxyl groups is 1. The van der Waals surface area contributed by atoms with Crippen molar-refractivity contribution in [3.8, 4) is 5.75 Å². The van der Waals surface area contributed by atoms with Crippen molar-refractivity contribution in [2.75, 3.05) is 6.54 Å². The fraction of sp³-hybridized carbons (Fsp3) is 0.250. The van der Waals surface area contributed by atoms with Gasteiger partial charge in [0.25, 0.3) is 0 Å². The van der Waals surface area contributed by atoms with Crippen molar-refractivity contribution in [2.45, 2.75) is 6.04 Å². The van der Waals surface area contributed by atoms with Crippen molar-refractivity contribution in [2.24, 2.45) is 11.5 Å². The van der Waals surface area contributed by atoms with Gasteiger partial charge in [0, 0.05) is 18.2 Å². The molecule has 0 saturated heterocycles. The number of benzene rings is 1. The second kappa shape index (κ2) is 3.91. The summed E-state index contributed by atoms with van der Waals surface area (Å²) >= 11 is 5.53. The summed E-state index contributed by atoms with van der Waals surface area (Å²) in [7, 11) is 0. The Balaban J connectivity index is 3.20. The predicted octanol–water partition coefficient (Wildman–Crippen LogP) is 1.14. The van der Waals surface area contributed by atoms with Gasteiger partial charge in [-0.05, 0) is 12.1 Å². The molecule has 1 aromatic carbocycles. The molecule has 0 saturated carbocycles. The van der Waals surface area contributed by atoms with Crippen molar-refractivity contribution >= 4 is 11.6 Å². The van der Waals surface area contributed by atoms with E-state index in [-0.39, 0.29) is 22.9 Å². The lowest BCUT2D eigenvalue weighted by atomic mass is 10.1. The van der Waals surface area contributed by atoms with Gasteiger partial charge in [-0.1, -0.05) is 11.6 Å². The number of hydrogen-bond acceptors (Lipinski definition) is 3. The minimum atomic E-state index is -0.604. The predicted molar refractivity (Wildman–Crippen MR) is 49.1 cm³/mol. The van der Waals surface area contributed by atoms with Crippen LogP contribution in [0.25, 0.3) is 0 Å². The van der Waals surface area contributed by atoms with E-state index in [0.29, 0.717) is 0 Å².